The number of hydrogen-bond acceptors (Lipinski definition) is 3. The fraction of sp³-hybridized carbons (Fsp3) is 0.438. The smallest absolute Gasteiger partial charge is 0.191 e. The SMILES string of the molecule is C=CCOc1ccccc1CNC(=NC)NCCCOC. The highest BCUT2D eigenvalue weighted by molar-refractivity contribution is 5.79. The number of rotatable bonds is 9. The van der Waals surface area contributed by atoms with E-state index in [4.69, 9.17) is 9.47 Å². The number of nitrogens with zero attached hydrogens (tertiary/aromatic N) is 1. The minimum atomic E-state index is 0.501. The fourth-order valence-electron chi connectivity index (χ4n) is 1.76. The van der Waals surface area contributed by atoms with E-state index in [2.05, 4.69) is 22.2 Å². The molecule has 0 spiro atoms. The molecule has 0 radical (unpaired) electrons. The number of benzene rings is 1. The maximum Gasteiger partial charge on any atom is 0.191 e. The summed E-state index contributed by atoms with van der Waals surface area (Å²) < 4.78 is 10.6. The van der Waals surface area contributed by atoms with E-state index in [-0.39, 0.29) is 0 Å². The molecule has 0 heterocycles. The lowest BCUT2D eigenvalue weighted by Crippen LogP contribution is -2.37. The molecule has 116 valence electrons. The molecule has 1 aromatic carbocycles. The van der Waals surface area contributed by atoms with Crippen LogP contribution in [0.2, 0.25) is 0 Å². The van der Waals surface area contributed by atoms with Crippen molar-refractivity contribution in [3.63, 3.8) is 0 Å². The first-order valence-electron chi connectivity index (χ1n) is 7.07. The first-order chi connectivity index (χ1) is 10.3. The van der Waals surface area contributed by atoms with E-state index in [1.165, 1.54) is 0 Å². The van der Waals surface area contributed by atoms with Crippen molar-refractivity contribution in [2.45, 2.75) is 13.0 Å². The van der Waals surface area contributed by atoms with Gasteiger partial charge in [0, 0.05) is 39.4 Å². The van der Waals surface area contributed by atoms with Crippen molar-refractivity contribution >= 4 is 5.96 Å². The van der Waals surface area contributed by atoms with Crippen molar-refractivity contribution in [2.24, 2.45) is 4.99 Å². The largest absolute Gasteiger partial charge is 0.489 e. The molecule has 0 fully saturated rings. The number of para-hydroxylation sites is 1. The summed E-state index contributed by atoms with van der Waals surface area (Å²) >= 11 is 0. The average Bonchev–Trinajstić information content (AvgIpc) is 2.53. The van der Waals surface area contributed by atoms with Gasteiger partial charge in [0.15, 0.2) is 5.96 Å². The zero-order valence-corrected chi connectivity index (χ0v) is 12.9. The zero-order chi connectivity index (χ0) is 15.3. The Morgan fingerprint density at radius 3 is 2.86 bits per heavy atom. The highest BCUT2D eigenvalue weighted by atomic mass is 16.5. The summed E-state index contributed by atoms with van der Waals surface area (Å²) in [6, 6.07) is 7.94. The van der Waals surface area contributed by atoms with Gasteiger partial charge in [-0.3, -0.25) is 4.99 Å². The second-order valence-corrected chi connectivity index (χ2v) is 4.41. The van der Waals surface area contributed by atoms with Crippen LogP contribution in [0.25, 0.3) is 0 Å². The standard InChI is InChI=1S/C16H25N3O2/c1-4-11-21-15-9-6-5-8-14(15)13-19-16(17-2)18-10-7-12-20-3/h4-6,8-9H,1,7,10-13H2,2-3H3,(H2,17,18,19). The molecular weight excluding hydrogens is 266 g/mol. The van der Waals surface area contributed by atoms with E-state index >= 15 is 0 Å². The van der Waals surface area contributed by atoms with Crippen molar-refractivity contribution in [3.05, 3.63) is 42.5 Å². The molecule has 0 saturated heterocycles. The first kappa shape index (κ1) is 17.0. The van der Waals surface area contributed by atoms with E-state index in [9.17, 15) is 0 Å². The molecule has 21 heavy (non-hydrogen) atoms. The second-order valence-electron chi connectivity index (χ2n) is 4.41. The number of aliphatic imine (C=N–C) groups is 1. The second kappa shape index (κ2) is 10.7. The summed E-state index contributed by atoms with van der Waals surface area (Å²) in [7, 11) is 3.46. The van der Waals surface area contributed by atoms with E-state index in [0.29, 0.717) is 13.2 Å². The van der Waals surface area contributed by atoms with Crippen molar-refractivity contribution in [1.82, 2.24) is 10.6 Å². The Labute approximate surface area is 127 Å². The number of guanidine groups is 1. The van der Waals surface area contributed by atoms with Gasteiger partial charge in [-0.15, -0.1) is 0 Å². The summed E-state index contributed by atoms with van der Waals surface area (Å²) in [4.78, 5) is 4.19. The Morgan fingerprint density at radius 1 is 1.33 bits per heavy atom. The maximum atomic E-state index is 5.63. The molecule has 0 aliphatic carbocycles. The molecule has 0 saturated carbocycles. The fourth-order valence-corrected chi connectivity index (χ4v) is 1.76. The van der Waals surface area contributed by atoms with Crippen molar-refractivity contribution in [1.29, 1.82) is 0 Å². The molecule has 0 aromatic heterocycles. The minimum absolute atomic E-state index is 0.501. The lowest BCUT2D eigenvalue weighted by Gasteiger charge is -2.14. The van der Waals surface area contributed by atoms with Gasteiger partial charge in [-0.1, -0.05) is 30.9 Å². The van der Waals surface area contributed by atoms with Crippen LogP contribution in [0.1, 0.15) is 12.0 Å². The molecule has 1 aromatic rings. The van der Waals surface area contributed by atoms with Crippen molar-refractivity contribution in [2.75, 3.05) is 33.9 Å². The molecule has 0 aliphatic heterocycles. The van der Waals surface area contributed by atoms with Gasteiger partial charge in [0.1, 0.15) is 12.4 Å². The quantitative estimate of drug-likeness (QED) is 0.316. The Morgan fingerprint density at radius 2 is 2.14 bits per heavy atom. The maximum absolute atomic E-state index is 5.63. The Kier molecular flexibility index (Phi) is 8.72. The summed E-state index contributed by atoms with van der Waals surface area (Å²) in [5, 5.41) is 6.51. The minimum Gasteiger partial charge on any atom is -0.489 e. The van der Waals surface area contributed by atoms with Gasteiger partial charge in [0.05, 0.1) is 0 Å². The van der Waals surface area contributed by atoms with Crippen LogP contribution >= 0.6 is 0 Å². The molecule has 5 heteroatoms. The Bertz CT molecular complexity index is 447. The summed E-state index contributed by atoms with van der Waals surface area (Å²) in [6.07, 6.45) is 2.68. The van der Waals surface area contributed by atoms with Crippen LogP contribution in [-0.2, 0) is 11.3 Å². The van der Waals surface area contributed by atoms with Gasteiger partial charge in [-0.25, -0.2) is 0 Å². The third kappa shape index (κ3) is 6.81. The summed E-state index contributed by atoms with van der Waals surface area (Å²) in [6.45, 7) is 6.37. The van der Waals surface area contributed by atoms with Crippen LogP contribution in [-0.4, -0.2) is 39.9 Å². The van der Waals surface area contributed by atoms with Crippen LogP contribution in [0.4, 0.5) is 0 Å². The highest BCUT2D eigenvalue weighted by Crippen LogP contribution is 2.17. The van der Waals surface area contributed by atoms with Gasteiger partial charge in [0.2, 0.25) is 0 Å². The molecule has 0 aliphatic rings. The Balaban J connectivity index is 2.47. The molecule has 2 N–H and O–H groups in total. The molecule has 0 unspecified atom stereocenters. The van der Waals surface area contributed by atoms with Crippen LogP contribution < -0.4 is 15.4 Å². The molecular formula is C16H25N3O2. The normalized spacial score (nSPS) is 11.0. The molecule has 0 atom stereocenters. The van der Waals surface area contributed by atoms with Crippen molar-refractivity contribution in [3.8, 4) is 5.75 Å². The van der Waals surface area contributed by atoms with Gasteiger partial charge in [0.25, 0.3) is 0 Å². The highest BCUT2D eigenvalue weighted by Gasteiger charge is 2.03. The molecule has 0 bridgehead atoms. The lowest BCUT2D eigenvalue weighted by atomic mass is 10.2. The molecule has 5 nitrogen and oxygen atoms in total. The average molecular weight is 291 g/mol. The summed E-state index contributed by atoms with van der Waals surface area (Å²) in [5.41, 5.74) is 1.08. The molecule has 1 rings (SSSR count). The summed E-state index contributed by atoms with van der Waals surface area (Å²) in [5.74, 6) is 1.63. The third-order valence-electron chi connectivity index (χ3n) is 2.82. The van der Waals surface area contributed by atoms with E-state index in [0.717, 1.165) is 36.8 Å². The zero-order valence-electron chi connectivity index (χ0n) is 12.9. The van der Waals surface area contributed by atoms with Crippen LogP contribution in [0, 0.1) is 0 Å². The van der Waals surface area contributed by atoms with E-state index in [1.807, 2.05) is 24.3 Å². The predicted molar refractivity (Wildman–Crippen MR) is 86.8 cm³/mol. The lowest BCUT2D eigenvalue weighted by molar-refractivity contribution is 0.195. The van der Waals surface area contributed by atoms with Crippen LogP contribution in [0.15, 0.2) is 41.9 Å². The van der Waals surface area contributed by atoms with E-state index < -0.39 is 0 Å². The van der Waals surface area contributed by atoms with Crippen LogP contribution in [0.3, 0.4) is 0 Å². The molecule has 0 amide bonds. The number of nitrogens with one attached hydrogen (secondary N) is 2. The van der Waals surface area contributed by atoms with Crippen LogP contribution in [0.5, 0.6) is 5.75 Å². The van der Waals surface area contributed by atoms with E-state index in [1.54, 1.807) is 20.2 Å². The number of ether oxygens (including phenoxy) is 2. The third-order valence-corrected chi connectivity index (χ3v) is 2.82. The predicted octanol–water partition coefficient (Wildman–Crippen LogP) is 1.95. The monoisotopic (exact) mass is 291 g/mol. The number of hydrogen-bond donors (Lipinski definition) is 2. The number of methoxy groups -OCH3 is 1. The first-order valence-corrected chi connectivity index (χ1v) is 7.07. The van der Waals surface area contributed by atoms with Gasteiger partial charge in [-0.2, -0.15) is 0 Å². The van der Waals surface area contributed by atoms with Crippen molar-refractivity contribution < 1.29 is 9.47 Å². The van der Waals surface area contributed by atoms with Gasteiger partial charge < -0.3 is 20.1 Å². The van der Waals surface area contributed by atoms with Gasteiger partial charge >= 0.3 is 0 Å². The topological polar surface area (TPSA) is 54.9 Å². The van der Waals surface area contributed by atoms with Gasteiger partial charge in [-0.05, 0) is 12.5 Å². The Hall–Kier alpha value is -2.01.